The maximum absolute atomic E-state index is 5.82. The third-order valence-electron chi connectivity index (χ3n) is 4.46. The van der Waals surface area contributed by atoms with Gasteiger partial charge < -0.3 is 9.73 Å². The number of hydrogen-bond acceptors (Lipinski definition) is 5. The highest BCUT2D eigenvalue weighted by molar-refractivity contribution is 7.13. The number of rotatable bonds is 3. The topological polar surface area (TPSA) is 41.3 Å². The Balaban J connectivity index is 0.00000132. The first kappa shape index (κ1) is 15.0. The van der Waals surface area contributed by atoms with Crippen LogP contribution in [0.3, 0.4) is 0 Å². The lowest BCUT2D eigenvalue weighted by Crippen LogP contribution is -2.25. The smallest absolute Gasteiger partial charge is 0.236 e. The molecule has 2 saturated heterocycles. The molecule has 2 aromatic heterocycles. The van der Waals surface area contributed by atoms with Crippen molar-refractivity contribution >= 4 is 23.7 Å². The molecule has 0 spiro atoms. The molecule has 0 amide bonds. The quantitative estimate of drug-likeness (QED) is 0.942. The minimum Gasteiger partial charge on any atom is -0.440 e. The Kier molecular flexibility index (Phi) is 4.36. The number of likely N-dealkylation sites (tertiary alicyclic amines) is 1. The van der Waals surface area contributed by atoms with Crippen LogP contribution in [0.15, 0.2) is 21.9 Å². The Morgan fingerprint density at radius 3 is 2.81 bits per heavy atom. The number of aromatic nitrogens is 1. The van der Waals surface area contributed by atoms with Crippen molar-refractivity contribution in [2.45, 2.75) is 13.5 Å². The normalized spacial score (nSPS) is 25.0. The molecule has 4 nitrogen and oxygen atoms in total. The van der Waals surface area contributed by atoms with Gasteiger partial charge in [0.15, 0.2) is 0 Å². The molecule has 0 radical (unpaired) electrons. The van der Waals surface area contributed by atoms with Gasteiger partial charge in [0.2, 0.25) is 5.89 Å². The van der Waals surface area contributed by atoms with Crippen LogP contribution in [0.25, 0.3) is 10.8 Å². The fourth-order valence-electron chi connectivity index (χ4n) is 3.37. The van der Waals surface area contributed by atoms with Crippen LogP contribution in [0, 0.1) is 18.8 Å². The van der Waals surface area contributed by atoms with Gasteiger partial charge in [0.25, 0.3) is 0 Å². The highest BCUT2D eigenvalue weighted by atomic mass is 35.5. The van der Waals surface area contributed by atoms with Crippen molar-refractivity contribution in [3.63, 3.8) is 0 Å². The number of oxazole rings is 1. The van der Waals surface area contributed by atoms with Gasteiger partial charge in [0.05, 0.1) is 10.6 Å². The first-order valence-corrected chi connectivity index (χ1v) is 8.11. The number of halogens is 1. The van der Waals surface area contributed by atoms with Gasteiger partial charge in [-0.2, -0.15) is 0 Å². The maximum atomic E-state index is 5.82. The molecule has 6 heteroatoms. The van der Waals surface area contributed by atoms with Crippen molar-refractivity contribution in [3.05, 3.63) is 29.0 Å². The second-order valence-corrected chi connectivity index (χ2v) is 6.82. The van der Waals surface area contributed by atoms with Gasteiger partial charge in [-0.05, 0) is 43.3 Å². The lowest BCUT2D eigenvalue weighted by atomic mass is 10.0. The van der Waals surface area contributed by atoms with E-state index < -0.39 is 0 Å². The van der Waals surface area contributed by atoms with Gasteiger partial charge in [0, 0.05) is 19.6 Å². The molecule has 2 aromatic rings. The molecule has 2 atom stereocenters. The number of hydrogen-bond donors (Lipinski definition) is 1. The molecule has 2 fully saturated rings. The molecular weight excluding hydrogens is 306 g/mol. The Morgan fingerprint density at radius 2 is 2.14 bits per heavy atom. The monoisotopic (exact) mass is 325 g/mol. The summed E-state index contributed by atoms with van der Waals surface area (Å²) in [4.78, 5) is 8.34. The van der Waals surface area contributed by atoms with E-state index in [9.17, 15) is 0 Å². The van der Waals surface area contributed by atoms with Crippen LogP contribution in [-0.2, 0) is 6.54 Å². The summed E-state index contributed by atoms with van der Waals surface area (Å²) < 4.78 is 5.82. The number of aryl methyl sites for hydroxylation is 1. The molecule has 1 N–H and O–H groups in total. The van der Waals surface area contributed by atoms with E-state index in [-0.39, 0.29) is 12.4 Å². The lowest BCUT2D eigenvalue weighted by molar-refractivity contribution is 0.300. The minimum absolute atomic E-state index is 0. The van der Waals surface area contributed by atoms with Gasteiger partial charge >= 0.3 is 0 Å². The fraction of sp³-hybridized carbons (Fsp3) is 0.533. The summed E-state index contributed by atoms with van der Waals surface area (Å²) in [7, 11) is 0. The number of fused-ring (bicyclic) bond motifs is 1. The predicted octanol–water partition coefficient (Wildman–Crippen LogP) is 2.78. The lowest BCUT2D eigenvalue weighted by Gasteiger charge is -2.15. The Morgan fingerprint density at radius 1 is 1.38 bits per heavy atom. The van der Waals surface area contributed by atoms with Crippen molar-refractivity contribution in [2.75, 3.05) is 26.2 Å². The molecule has 0 aliphatic carbocycles. The van der Waals surface area contributed by atoms with Gasteiger partial charge in [-0.1, -0.05) is 6.07 Å². The van der Waals surface area contributed by atoms with Crippen LogP contribution in [0.4, 0.5) is 0 Å². The van der Waals surface area contributed by atoms with Crippen LogP contribution < -0.4 is 5.32 Å². The molecule has 114 valence electrons. The molecule has 0 aromatic carbocycles. The predicted molar refractivity (Wildman–Crippen MR) is 86.9 cm³/mol. The minimum atomic E-state index is 0. The van der Waals surface area contributed by atoms with E-state index in [1.807, 2.05) is 13.0 Å². The van der Waals surface area contributed by atoms with E-state index in [4.69, 9.17) is 9.40 Å². The van der Waals surface area contributed by atoms with E-state index >= 15 is 0 Å². The average Bonchev–Trinajstić information content (AvgIpc) is 3.14. The van der Waals surface area contributed by atoms with Crippen LogP contribution in [0.2, 0.25) is 0 Å². The van der Waals surface area contributed by atoms with Crippen LogP contribution >= 0.6 is 23.7 Å². The summed E-state index contributed by atoms with van der Waals surface area (Å²) in [5.41, 5.74) is 1.10. The summed E-state index contributed by atoms with van der Waals surface area (Å²) >= 11 is 1.68. The van der Waals surface area contributed by atoms with Gasteiger partial charge in [-0.25, -0.2) is 4.98 Å². The summed E-state index contributed by atoms with van der Waals surface area (Å²) in [5.74, 6) is 3.40. The molecule has 0 bridgehead atoms. The summed E-state index contributed by atoms with van der Waals surface area (Å²) in [6.07, 6.45) is 0. The second-order valence-electron chi connectivity index (χ2n) is 5.87. The fourth-order valence-corrected chi connectivity index (χ4v) is 4.02. The van der Waals surface area contributed by atoms with Gasteiger partial charge in [-0.3, -0.25) is 4.90 Å². The number of nitrogens with one attached hydrogen (secondary N) is 1. The Bertz CT molecular complexity index is 586. The highest BCUT2D eigenvalue weighted by Crippen LogP contribution is 2.30. The third kappa shape index (κ3) is 2.88. The molecule has 2 aliphatic heterocycles. The second kappa shape index (κ2) is 6.08. The molecule has 0 unspecified atom stereocenters. The van der Waals surface area contributed by atoms with Gasteiger partial charge in [0.1, 0.15) is 5.76 Å². The SMILES string of the molecule is Cc1oc(-c2cccs2)nc1CN1C[C@H]2CNC[C@H]2C1.Cl. The number of nitrogens with zero attached hydrogens (tertiary/aromatic N) is 2. The zero-order valence-electron chi connectivity index (χ0n) is 12.0. The van der Waals surface area contributed by atoms with E-state index in [1.165, 1.54) is 26.2 Å². The van der Waals surface area contributed by atoms with E-state index in [2.05, 4.69) is 21.7 Å². The van der Waals surface area contributed by atoms with E-state index in [1.54, 1.807) is 11.3 Å². The summed E-state index contributed by atoms with van der Waals surface area (Å²) in [6.45, 7) is 7.70. The van der Waals surface area contributed by atoms with Crippen molar-refractivity contribution < 1.29 is 4.42 Å². The first-order chi connectivity index (χ1) is 9.79. The summed E-state index contributed by atoms with van der Waals surface area (Å²) in [5, 5.41) is 5.54. The largest absolute Gasteiger partial charge is 0.440 e. The number of thiophene rings is 1. The molecule has 0 saturated carbocycles. The molecule has 4 heterocycles. The zero-order valence-corrected chi connectivity index (χ0v) is 13.7. The summed E-state index contributed by atoms with van der Waals surface area (Å²) in [6, 6.07) is 4.10. The standard InChI is InChI=1S/C15H19N3OS.ClH/c1-10-13(17-15(19-10)14-3-2-4-20-14)9-18-7-11-5-16-6-12(11)8-18;/h2-4,11-12,16H,5-9H2,1H3;1H/t11-,12+;. The maximum Gasteiger partial charge on any atom is 0.236 e. The third-order valence-corrected chi connectivity index (χ3v) is 5.32. The van der Waals surface area contributed by atoms with Gasteiger partial charge in [-0.15, -0.1) is 23.7 Å². The highest BCUT2D eigenvalue weighted by Gasteiger charge is 2.36. The molecule has 2 aliphatic rings. The van der Waals surface area contributed by atoms with Crippen molar-refractivity contribution in [1.29, 1.82) is 0 Å². The van der Waals surface area contributed by atoms with Crippen molar-refractivity contribution in [2.24, 2.45) is 11.8 Å². The van der Waals surface area contributed by atoms with Crippen molar-refractivity contribution in [1.82, 2.24) is 15.2 Å². The Labute approximate surface area is 135 Å². The van der Waals surface area contributed by atoms with Crippen LogP contribution in [0.1, 0.15) is 11.5 Å². The molecule has 21 heavy (non-hydrogen) atoms. The molecular formula is C15H20ClN3OS. The van der Waals surface area contributed by atoms with E-state index in [0.717, 1.165) is 40.6 Å². The first-order valence-electron chi connectivity index (χ1n) is 7.23. The van der Waals surface area contributed by atoms with Crippen molar-refractivity contribution in [3.8, 4) is 10.8 Å². The molecule has 4 rings (SSSR count). The Hall–Kier alpha value is -0.880. The van der Waals surface area contributed by atoms with Crippen LogP contribution in [-0.4, -0.2) is 36.1 Å². The average molecular weight is 326 g/mol. The van der Waals surface area contributed by atoms with E-state index in [0.29, 0.717) is 0 Å². The van der Waals surface area contributed by atoms with Crippen LogP contribution in [0.5, 0.6) is 0 Å². The zero-order chi connectivity index (χ0) is 13.5.